The third-order valence-corrected chi connectivity index (χ3v) is 7.40. The predicted molar refractivity (Wildman–Crippen MR) is 146 cm³/mol. The average molecular weight is 523 g/mol. The van der Waals surface area contributed by atoms with Gasteiger partial charge in [-0.25, -0.2) is 0 Å². The Labute approximate surface area is 223 Å². The Morgan fingerprint density at radius 1 is 1.14 bits per heavy atom. The second kappa shape index (κ2) is 16.2. The Hall–Kier alpha value is -1.87. The van der Waals surface area contributed by atoms with Crippen LogP contribution in [0.5, 0.6) is 11.5 Å². The van der Waals surface area contributed by atoms with E-state index in [1.54, 1.807) is 14.2 Å². The van der Waals surface area contributed by atoms with E-state index in [1.807, 2.05) is 26.0 Å². The van der Waals surface area contributed by atoms with Crippen molar-refractivity contribution in [2.75, 3.05) is 40.6 Å². The average Bonchev–Trinajstić information content (AvgIpc) is 3.37. The van der Waals surface area contributed by atoms with Gasteiger partial charge in [0.05, 0.1) is 32.5 Å². The van der Waals surface area contributed by atoms with Crippen LogP contribution in [0.25, 0.3) is 0 Å². The number of benzene rings is 1. The highest BCUT2D eigenvalue weighted by Gasteiger charge is 2.31. The van der Waals surface area contributed by atoms with Crippen molar-refractivity contribution in [3.05, 3.63) is 23.8 Å². The molecule has 212 valence electrons. The molecule has 4 unspecified atom stereocenters. The highest BCUT2D eigenvalue weighted by atomic mass is 16.5. The third kappa shape index (κ3) is 10.4. The van der Waals surface area contributed by atoms with E-state index in [1.165, 1.54) is 0 Å². The molecule has 8 heteroatoms. The summed E-state index contributed by atoms with van der Waals surface area (Å²) in [6.07, 6.45) is 2.71. The van der Waals surface area contributed by atoms with Gasteiger partial charge in [-0.3, -0.25) is 4.79 Å². The Kier molecular flexibility index (Phi) is 13.7. The van der Waals surface area contributed by atoms with Crippen LogP contribution in [0.4, 0.5) is 0 Å². The van der Waals surface area contributed by atoms with Crippen LogP contribution in [0.1, 0.15) is 58.9 Å². The number of hydrogen-bond donors (Lipinski definition) is 3. The zero-order valence-corrected chi connectivity index (χ0v) is 23.7. The first-order chi connectivity index (χ1) is 17.7. The van der Waals surface area contributed by atoms with E-state index in [0.29, 0.717) is 50.9 Å². The van der Waals surface area contributed by atoms with E-state index < -0.39 is 12.1 Å². The summed E-state index contributed by atoms with van der Waals surface area (Å²) in [5, 5.41) is 14.1. The zero-order chi connectivity index (χ0) is 27.4. The number of rotatable bonds is 17. The first-order valence-corrected chi connectivity index (χ1v) is 13.8. The molecule has 1 fully saturated rings. The number of nitrogens with one attached hydrogen (secondary N) is 1. The van der Waals surface area contributed by atoms with Crippen molar-refractivity contribution in [1.82, 2.24) is 5.32 Å². The van der Waals surface area contributed by atoms with E-state index in [0.717, 1.165) is 30.6 Å². The molecule has 1 heterocycles. The van der Waals surface area contributed by atoms with Crippen LogP contribution in [0.2, 0.25) is 0 Å². The van der Waals surface area contributed by atoms with E-state index in [-0.39, 0.29) is 29.7 Å². The fraction of sp³-hybridized carbons (Fsp3) is 0.759. The molecule has 0 spiro atoms. The van der Waals surface area contributed by atoms with Crippen molar-refractivity contribution in [1.29, 1.82) is 0 Å². The van der Waals surface area contributed by atoms with Crippen LogP contribution in [0.15, 0.2) is 18.2 Å². The van der Waals surface area contributed by atoms with Crippen LogP contribution in [-0.4, -0.2) is 69.8 Å². The lowest BCUT2D eigenvalue weighted by atomic mass is 9.80. The van der Waals surface area contributed by atoms with Gasteiger partial charge in [-0.15, -0.1) is 0 Å². The summed E-state index contributed by atoms with van der Waals surface area (Å²) < 4.78 is 21.9. The highest BCUT2D eigenvalue weighted by Crippen LogP contribution is 2.32. The zero-order valence-electron chi connectivity index (χ0n) is 23.7. The molecular weight excluding hydrogens is 472 g/mol. The molecule has 1 saturated heterocycles. The van der Waals surface area contributed by atoms with E-state index >= 15 is 0 Å². The van der Waals surface area contributed by atoms with Gasteiger partial charge in [0.1, 0.15) is 0 Å². The van der Waals surface area contributed by atoms with Crippen molar-refractivity contribution >= 4 is 5.91 Å². The second-order valence-electron chi connectivity index (χ2n) is 11.0. The fourth-order valence-corrected chi connectivity index (χ4v) is 4.82. The predicted octanol–water partition coefficient (Wildman–Crippen LogP) is 3.57. The summed E-state index contributed by atoms with van der Waals surface area (Å²) in [6, 6.07) is 5.68. The van der Waals surface area contributed by atoms with Gasteiger partial charge in [-0.05, 0) is 61.1 Å². The Balaban J connectivity index is 2.00. The maximum atomic E-state index is 12.9. The number of aliphatic hydroxyl groups is 1. The van der Waals surface area contributed by atoms with Crippen molar-refractivity contribution in [3.63, 3.8) is 0 Å². The molecule has 1 aliphatic heterocycles. The molecule has 2 rings (SSSR count). The normalized spacial score (nSPS) is 19.0. The molecule has 1 amide bonds. The molecule has 0 saturated carbocycles. The number of amides is 1. The lowest BCUT2D eigenvalue weighted by Crippen LogP contribution is -2.45. The van der Waals surface area contributed by atoms with E-state index in [4.69, 9.17) is 24.7 Å². The van der Waals surface area contributed by atoms with Crippen molar-refractivity contribution in [2.45, 2.75) is 78.0 Å². The molecule has 1 aromatic carbocycles. The van der Waals surface area contributed by atoms with Gasteiger partial charge in [0.2, 0.25) is 5.91 Å². The molecule has 0 radical (unpaired) electrons. The Morgan fingerprint density at radius 2 is 1.89 bits per heavy atom. The Morgan fingerprint density at radius 3 is 2.49 bits per heavy atom. The largest absolute Gasteiger partial charge is 0.493 e. The van der Waals surface area contributed by atoms with Gasteiger partial charge in [0, 0.05) is 38.7 Å². The molecule has 5 atom stereocenters. The first kappa shape index (κ1) is 31.3. The Bertz CT molecular complexity index is 797. The van der Waals surface area contributed by atoms with E-state index in [2.05, 4.69) is 25.2 Å². The lowest BCUT2D eigenvalue weighted by Gasteiger charge is -2.30. The van der Waals surface area contributed by atoms with E-state index in [9.17, 15) is 9.90 Å². The summed E-state index contributed by atoms with van der Waals surface area (Å²) in [6.45, 7) is 10.8. The SMILES string of the molecule is COCCCOc1cc(CC(CC(N)C(O)CC(C(=O)N[C@@H]2CCOC2)C(C)C)C(C)C)ccc1OC. The number of carbonyl (C=O) groups excluding carboxylic acids is 1. The molecule has 8 nitrogen and oxygen atoms in total. The van der Waals surface area contributed by atoms with Crippen LogP contribution in [0, 0.1) is 23.7 Å². The summed E-state index contributed by atoms with van der Waals surface area (Å²) in [5.41, 5.74) is 7.67. The van der Waals surface area contributed by atoms with Gasteiger partial charge >= 0.3 is 0 Å². The fourth-order valence-electron chi connectivity index (χ4n) is 4.82. The molecule has 1 aliphatic rings. The monoisotopic (exact) mass is 522 g/mol. The van der Waals surface area contributed by atoms with Crippen molar-refractivity contribution < 1.29 is 28.8 Å². The minimum absolute atomic E-state index is 0.0200. The summed E-state index contributed by atoms with van der Waals surface area (Å²) in [7, 11) is 3.32. The number of carbonyl (C=O) groups is 1. The van der Waals surface area contributed by atoms with Gasteiger partial charge < -0.3 is 35.1 Å². The number of methoxy groups -OCH3 is 2. The smallest absolute Gasteiger partial charge is 0.223 e. The quantitative estimate of drug-likeness (QED) is 0.268. The first-order valence-electron chi connectivity index (χ1n) is 13.8. The molecule has 0 aromatic heterocycles. The minimum Gasteiger partial charge on any atom is -0.493 e. The van der Waals surface area contributed by atoms with Crippen molar-refractivity contribution in [2.24, 2.45) is 29.4 Å². The standard InChI is InChI=1S/C29H50N2O6/c1-19(2)22(14-21-8-9-27(35-6)28(15-21)37-12-7-11-34-5)16-25(30)26(32)17-24(20(3)4)29(33)31-23-10-13-36-18-23/h8-9,15,19-20,22-26,32H,7,10-14,16-18,30H2,1-6H3,(H,31,33)/t22?,23-,24?,25?,26?/m1/s1. The topological polar surface area (TPSA) is 112 Å². The number of aliphatic hydroxyl groups excluding tert-OH is 1. The molecule has 4 N–H and O–H groups in total. The molecule has 1 aromatic rings. The molecular formula is C29H50N2O6. The summed E-state index contributed by atoms with van der Waals surface area (Å²) >= 11 is 0. The van der Waals surface area contributed by atoms with Gasteiger partial charge in [-0.2, -0.15) is 0 Å². The molecule has 37 heavy (non-hydrogen) atoms. The number of nitrogens with two attached hydrogens (primary N) is 1. The van der Waals surface area contributed by atoms with Crippen LogP contribution in [-0.2, 0) is 20.7 Å². The summed E-state index contributed by atoms with van der Waals surface area (Å²) in [5.74, 6) is 1.86. The van der Waals surface area contributed by atoms with Gasteiger partial charge in [0.15, 0.2) is 11.5 Å². The maximum Gasteiger partial charge on any atom is 0.223 e. The minimum atomic E-state index is -0.755. The third-order valence-electron chi connectivity index (χ3n) is 7.40. The second-order valence-corrected chi connectivity index (χ2v) is 11.0. The van der Waals surface area contributed by atoms with Crippen LogP contribution < -0.4 is 20.5 Å². The van der Waals surface area contributed by atoms with Gasteiger partial charge in [0.25, 0.3) is 0 Å². The maximum absolute atomic E-state index is 12.9. The molecule has 0 aliphatic carbocycles. The highest BCUT2D eigenvalue weighted by molar-refractivity contribution is 5.79. The van der Waals surface area contributed by atoms with Crippen LogP contribution >= 0.6 is 0 Å². The van der Waals surface area contributed by atoms with Gasteiger partial charge in [-0.1, -0.05) is 33.8 Å². The van der Waals surface area contributed by atoms with Crippen LogP contribution in [0.3, 0.4) is 0 Å². The molecule has 0 bridgehead atoms. The summed E-state index contributed by atoms with van der Waals surface area (Å²) in [4.78, 5) is 12.9. The lowest BCUT2D eigenvalue weighted by molar-refractivity contribution is -0.128. The van der Waals surface area contributed by atoms with Crippen molar-refractivity contribution in [3.8, 4) is 11.5 Å². The number of hydrogen-bond acceptors (Lipinski definition) is 7. The number of ether oxygens (including phenoxy) is 4.